The van der Waals surface area contributed by atoms with Crippen LogP contribution >= 0.6 is 34.5 Å². The fraction of sp³-hybridized carbons (Fsp3) is 0.100. The van der Waals surface area contributed by atoms with E-state index in [0.29, 0.717) is 27.0 Å². The van der Waals surface area contributed by atoms with Crippen molar-refractivity contribution in [3.63, 3.8) is 0 Å². The first-order valence-electron chi connectivity index (χ1n) is 8.09. The second kappa shape index (κ2) is 8.57. The number of nitrogens with one attached hydrogen (secondary N) is 1. The molecule has 27 heavy (non-hydrogen) atoms. The maximum absolute atomic E-state index is 12.3. The summed E-state index contributed by atoms with van der Waals surface area (Å²) in [7, 11) is 0. The van der Waals surface area contributed by atoms with Crippen molar-refractivity contribution >= 4 is 52.1 Å². The molecule has 0 saturated heterocycles. The molecule has 1 amide bonds. The minimum atomic E-state index is -1.09. The Balaban J connectivity index is 1.76. The molecule has 0 spiro atoms. The minimum absolute atomic E-state index is 0.0772. The molecule has 3 aromatic rings. The van der Waals surface area contributed by atoms with E-state index in [-0.39, 0.29) is 17.9 Å². The number of rotatable bonds is 6. The highest BCUT2D eigenvalue weighted by Crippen LogP contribution is 2.36. The lowest BCUT2D eigenvalue weighted by Gasteiger charge is -2.07. The van der Waals surface area contributed by atoms with Crippen LogP contribution in [-0.2, 0) is 11.2 Å². The number of hydrogen-bond donors (Lipinski definition) is 2. The number of thiophene rings is 1. The quantitative estimate of drug-likeness (QED) is 0.515. The summed E-state index contributed by atoms with van der Waals surface area (Å²) in [5.74, 6) is -1.36. The van der Waals surface area contributed by atoms with E-state index in [2.05, 4.69) is 5.32 Å². The molecule has 0 aliphatic carbocycles. The summed E-state index contributed by atoms with van der Waals surface area (Å²) in [6, 6.07) is 14.2. The third kappa shape index (κ3) is 4.69. The summed E-state index contributed by atoms with van der Waals surface area (Å²) < 4.78 is 0. The molecule has 138 valence electrons. The first-order chi connectivity index (χ1) is 13.0. The number of hydrogen-bond acceptors (Lipinski definition) is 3. The average molecular weight is 420 g/mol. The molecule has 1 heterocycles. The van der Waals surface area contributed by atoms with E-state index in [1.807, 2.05) is 18.2 Å². The number of carbonyl (C=O) groups is 2. The van der Waals surface area contributed by atoms with Gasteiger partial charge < -0.3 is 10.4 Å². The van der Waals surface area contributed by atoms with Gasteiger partial charge in [0.1, 0.15) is 5.56 Å². The molecule has 0 radical (unpaired) electrons. The van der Waals surface area contributed by atoms with Gasteiger partial charge >= 0.3 is 5.97 Å². The van der Waals surface area contributed by atoms with Crippen LogP contribution in [0, 0.1) is 0 Å². The average Bonchev–Trinajstić information content (AvgIpc) is 3.05. The second-order valence-electron chi connectivity index (χ2n) is 5.81. The second-order valence-corrected chi connectivity index (χ2v) is 7.53. The zero-order valence-corrected chi connectivity index (χ0v) is 16.4. The minimum Gasteiger partial charge on any atom is -0.478 e. The normalized spacial score (nSPS) is 10.6. The number of halogens is 2. The topological polar surface area (TPSA) is 66.4 Å². The molecular weight excluding hydrogens is 405 g/mol. The highest BCUT2D eigenvalue weighted by Gasteiger charge is 2.21. The van der Waals surface area contributed by atoms with E-state index in [4.69, 9.17) is 23.2 Å². The zero-order chi connectivity index (χ0) is 19.4. The predicted molar refractivity (Wildman–Crippen MR) is 110 cm³/mol. The van der Waals surface area contributed by atoms with Crippen LogP contribution in [-0.4, -0.2) is 17.0 Å². The fourth-order valence-electron chi connectivity index (χ4n) is 2.64. The summed E-state index contributed by atoms with van der Waals surface area (Å²) >= 11 is 13.3. The Morgan fingerprint density at radius 3 is 2.41 bits per heavy atom. The Labute approximate surface area is 170 Å². The van der Waals surface area contributed by atoms with Crippen LogP contribution in [0.1, 0.15) is 22.3 Å². The number of aryl methyl sites for hydroxylation is 1. The molecular formula is C20H15Cl2NO3S. The van der Waals surface area contributed by atoms with E-state index in [0.717, 1.165) is 11.1 Å². The van der Waals surface area contributed by atoms with Gasteiger partial charge in [-0.05, 0) is 35.7 Å². The molecule has 2 N–H and O–H groups in total. The van der Waals surface area contributed by atoms with Gasteiger partial charge in [0, 0.05) is 21.8 Å². The highest BCUT2D eigenvalue weighted by molar-refractivity contribution is 7.14. The van der Waals surface area contributed by atoms with Crippen LogP contribution in [0.25, 0.3) is 10.4 Å². The molecule has 0 atom stereocenters. The Morgan fingerprint density at radius 1 is 1.04 bits per heavy atom. The van der Waals surface area contributed by atoms with Crippen LogP contribution in [0.15, 0.2) is 53.9 Å². The summed E-state index contributed by atoms with van der Waals surface area (Å²) in [6.07, 6.45) is 0.678. The highest BCUT2D eigenvalue weighted by atomic mass is 35.5. The van der Waals surface area contributed by atoms with Crippen LogP contribution in [0.3, 0.4) is 0 Å². The molecule has 0 aliphatic heterocycles. The van der Waals surface area contributed by atoms with Crippen molar-refractivity contribution in [1.29, 1.82) is 0 Å². The first kappa shape index (κ1) is 19.4. The van der Waals surface area contributed by atoms with Gasteiger partial charge in [0.2, 0.25) is 5.91 Å². The maximum atomic E-state index is 12.3. The Hall–Kier alpha value is -2.34. The standard InChI is InChI=1S/C20H15Cl2NO3S/c21-14-8-5-13(6-9-14)19-18(20(25)26)16(11-27-19)23-17(24)10-7-12-3-1-2-4-15(12)22/h1-6,8-9,11H,7,10H2,(H,23,24)(H,25,26). The van der Waals surface area contributed by atoms with E-state index < -0.39 is 5.97 Å². The molecule has 3 rings (SSSR count). The summed E-state index contributed by atoms with van der Waals surface area (Å²) in [5, 5.41) is 15.1. The number of benzene rings is 2. The maximum Gasteiger partial charge on any atom is 0.339 e. The van der Waals surface area contributed by atoms with Gasteiger partial charge in [-0.25, -0.2) is 4.79 Å². The molecule has 1 aromatic heterocycles. The monoisotopic (exact) mass is 419 g/mol. The molecule has 0 aliphatic rings. The third-order valence-electron chi connectivity index (χ3n) is 3.96. The van der Waals surface area contributed by atoms with Gasteiger partial charge in [-0.3, -0.25) is 4.79 Å². The van der Waals surface area contributed by atoms with Crippen LogP contribution in [0.2, 0.25) is 10.0 Å². The number of anilines is 1. The van der Waals surface area contributed by atoms with Crippen LogP contribution in [0.5, 0.6) is 0 Å². The Bertz CT molecular complexity index is 983. The third-order valence-corrected chi connectivity index (χ3v) is 5.61. The predicted octanol–water partition coefficient (Wildman–Crippen LogP) is 5.99. The van der Waals surface area contributed by atoms with Gasteiger partial charge in [-0.15, -0.1) is 11.3 Å². The largest absolute Gasteiger partial charge is 0.478 e. The van der Waals surface area contributed by atoms with E-state index in [1.165, 1.54) is 11.3 Å². The SMILES string of the molecule is O=C(CCc1ccccc1Cl)Nc1csc(-c2ccc(Cl)cc2)c1C(=O)O. The first-order valence-corrected chi connectivity index (χ1v) is 9.73. The van der Waals surface area contributed by atoms with Gasteiger partial charge in [0.25, 0.3) is 0 Å². The molecule has 4 nitrogen and oxygen atoms in total. The molecule has 0 bridgehead atoms. The van der Waals surface area contributed by atoms with Gasteiger partial charge in [0.15, 0.2) is 0 Å². The van der Waals surface area contributed by atoms with Gasteiger partial charge in [-0.1, -0.05) is 53.5 Å². The number of aromatic carboxylic acids is 1. The Morgan fingerprint density at radius 2 is 1.74 bits per heavy atom. The lowest BCUT2D eigenvalue weighted by Crippen LogP contribution is -2.14. The van der Waals surface area contributed by atoms with Crippen LogP contribution in [0.4, 0.5) is 5.69 Å². The van der Waals surface area contributed by atoms with E-state index >= 15 is 0 Å². The number of carboxylic acid groups (broad SMARTS) is 1. The number of carbonyl (C=O) groups excluding carboxylic acids is 1. The smallest absolute Gasteiger partial charge is 0.339 e. The van der Waals surface area contributed by atoms with Crippen molar-refractivity contribution < 1.29 is 14.7 Å². The van der Waals surface area contributed by atoms with Crippen molar-refractivity contribution in [2.24, 2.45) is 0 Å². The van der Waals surface area contributed by atoms with Crippen molar-refractivity contribution in [3.8, 4) is 10.4 Å². The van der Waals surface area contributed by atoms with Gasteiger partial charge in [-0.2, -0.15) is 0 Å². The Kier molecular flexibility index (Phi) is 6.16. The van der Waals surface area contributed by atoms with Crippen molar-refractivity contribution in [1.82, 2.24) is 0 Å². The van der Waals surface area contributed by atoms with Crippen LogP contribution < -0.4 is 5.32 Å². The summed E-state index contributed by atoms with van der Waals surface area (Å²) in [6.45, 7) is 0. The lowest BCUT2D eigenvalue weighted by molar-refractivity contribution is -0.116. The lowest BCUT2D eigenvalue weighted by atomic mass is 10.1. The molecule has 0 fully saturated rings. The fourth-order valence-corrected chi connectivity index (χ4v) is 3.99. The van der Waals surface area contributed by atoms with Crippen molar-refractivity contribution in [3.05, 3.63) is 75.1 Å². The number of carboxylic acids is 1. The molecule has 7 heteroatoms. The molecule has 2 aromatic carbocycles. The van der Waals surface area contributed by atoms with Crippen molar-refractivity contribution in [2.45, 2.75) is 12.8 Å². The summed E-state index contributed by atoms with van der Waals surface area (Å²) in [5.41, 5.74) is 1.98. The van der Waals surface area contributed by atoms with Gasteiger partial charge in [0.05, 0.1) is 10.6 Å². The van der Waals surface area contributed by atoms with Crippen molar-refractivity contribution in [2.75, 3.05) is 5.32 Å². The van der Waals surface area contributed by atoms with E-state index in [1.54, 1.807) is 35.7 Å². The summed E-state index contributed by atoms with van der Waals surface area (Å²) in [4.78, 5) is 24.6. The molecule has 0 unspecified atom stereocenters. The number of amides is 1. The zero-order valence-electron chi connectivity index (χ0n) is 14.0. The molecule has 0 saturated carbocycles. The van der Waals surface area contributed by atoms with E-state index in [9.17, 15) is 14.7 Å².